The molecule has 0 spiro atoms. The zero-order valence-electron chi connectivity index (χ0n) is 30.5. The predicted molar refractivity (Wildman–Crippen MR) is 204 cm³/mol. The van der Waals surface area contributed by atoms with Crippen LogP contribution in [0.1, 0.15) is 53.1 Å². The van der Waals surface area contributed by atoms with Crippen molar-refractivity contribution in [3.8, 4) is 11.8 Å². The first-order valence-electron chi connectivity index (χ1n) is 19.2. The fraction of sp³-hybridized carbons (Fsp3) is 0.452. The predicted octanol–water partition coefficient (Wildman–Crippen LogP) is 6.06. The van der Waals surface area contributed by atoms with Crippen LogP contribution in [-0.2, 0) is 35.7 Å². The summed E-state index contributed by atoms with van der Waals surface area (Å²) in [5.74, 6) is 2.44. The van der Waals surface area contributed by atoms with Crippen molar-refractivity contribution in [2.75, 3.05) is 82.0 Å². The number of aromatic nitrogens is 2. The molecule has 4 aromatic rings. The molecule has 0 radical (unpaired) electrons. The van der Waals surface area contributed by atoms with Gasteiger partial charge in [-0.15, -0.1) is 0 Å². The Morgan fingerprint density at radius 1 is 0.774 bits per heavy atom. The van der Waals surface area contributed by atoms with E-state index >= 15 is 0 Å². The van der Waals surface area contributed by atoms with E-state index in [2.05, 4.69) is 57.2 Å². The van der Waals surface area contributed by atoms with E-state index in [1.54, 1.807) is 4.90 Å². The van der Waals surface area contributed by atoms with Gasteiger partial charge in [-0.2, -0.15) is 9.97 Å². The first kappa shape index (κ1) is 35.2. The molecule has 8 rings (SSSR count). The summed E-state index contributed by atoms with van der Waals surface area (Å²) in [5.41, 5.74) is 6.82. The van der Waals surface area contributed by atoms with Crippen LogP contribution in [-0.4, -0.2) is 98.0 Å². The molecule has 0 atom stereocenters. The molecule has 11 heteroatoms. The van der Waals surface area contributed by atoms with Crippen molar-refractivity contribution >= 4 is 17.6 Å². The molecule has 1 aliphatic carbocycles. The summed E-state index contributed by atoms with van der Waals surface area (Å²) in [7, 11) is 0. The van der Waals surface area contributed by atoms with E-state index < -0.39 is 0 Å². The Bertz CT molecular complexity index is 1810. The molecule has 3 aromatic carbocycles. The van der Waals surface area contributed by atoms with Gasteiger partial charge in [-0.25, -0.2) is 4.79 Å². The number of carbonyl (C=O) groups is 1. The fourth-order valence-corrected chi connectivity index (χ4v) is 7.39. The van der Waals surface area contributed by atoms with Gasteiger partial charge >= 0.3 is 12.1 Å². The third kappa shape index (κ3) is 9.20. The van der Waals surface area contributed by atoms with Crippen LogP contribution in [0.4, 0.5) is 16.3 Å². The van der Waals surface area contributed by atoms with E-state index in [0.29, 0.717) is 57.9 Å². The Morgan fingerprint density at radius 2 is 1.51 bits per heavy atom. The lowest BCUT2D eigenvalue weighted by Gasteiger charge is -2.38. The maximum Gasteiger partial charge on any atom is 0.410 e. The SMILES string of the molecule is O=C(OCc1ccccc1)N1CCN(c2nc(OCCCN3CCOCC3)nc3c2CCN(c2cc(OCc4ccccc4)cc(C4CC4)c2)C3)CC1. The molecule has 1 aromatic heterocycles. The number of amides is 1. The third-order valence-electron chi connectivity index (χ3n) is 10.6. The second-order valence-corrected chi connectivity index (χ2v) is 14.4. The van der Waals surface area contributed by atoms with Crippen LogP contribution in [0.5, 0.6) is 11.8 Å². The minimum absolute atomic E-state index is 0.270. The first-order valence-corrected chi connectivity index (χ1v) is 19.2. The first-order chi connectivity index (χ1) is 26.1. The largest absolute Gasteiger partial charge is 0.489 e. The lowest BCUT2D eigenvalue weighted by Crippen LogP contribution is -2.49. The summed E-state index contributed by atoms with van der Waals surface area (Å²) in [6, 6.07) is 27.3. The number of anilines is 2. The summed E-state index contributed by atoms with van der Waals surface area (Å²) >= 11 is 0. The van der Waals surface area contributed by atoms with Crippen molar-refractivity contribution in [1.29, 1.82) is 0 Å². The molecule has 0 N–H and O–H groups in total. The molecule has 0 bridgehead atoms. The van der Waals surface area contributed by atoms with Crippen molar-refractivity contribution in [2.24, 2.45) is 0 Å². The van der Waals surface area contributed by atoms with Gasteiger partial charge in [-0.05, 0) is 60.4 Å². The maximum absolute atomic E-state index is 13.0. The zero-order valence-corrected chi connectivity index (χ0v) is 30.5. The quantitative estimate of drug-likeness (QED) is 0.152. The van der Waals surface area contributed by atoms with Gasteiger partial charge in [0.05, 0.1) is 32.1 Å². The summed E-state index contributed by atoms with van der Waals surface area (Å²) < 4.78 is 23.8. The molecule has 3 aliphatic heterocycles. The van der Waals surface area contributed by atoms with Gasteiger partial charge in [-0.3, -0.25) is 4.90 Å². The van der Waals surface area contributed by atoms with E-state index in [1.165, 1.54) is 29.7 Å². The lowest BCUT2D eigenvalue weighted by molar-refractivity contribution is 0.0356. The number of hydrogen-bond donors (Lipinski definition) is 0. The summed E-state index contributed by atoms with van der Waals surface area (Å²) in [6.45, 7) is 9.78. The highest BCUT2D eigenvalue weighted by Crippen LogP contribution is 2.43. The van der Waals surface area contributed by atoms with Gasteiger partial charge in [0.2, 0.25) is 0 Å². The highest BCUT2D eigenvalue weighted by Gasteiger charge is 2.31. The van der Waals surface area contributed by atoms with E-state index in [4.69, 9.17) is 28.9 Å². The maximum atomic E-state index is 13.0. The topological polar surface area (TPSA) is 92.7 Å². The molecule has 0 unspecified atom stereocenters. The Balaban J connectivity index is 0.976. The molecule has 2 saturated heterocycles. The number of ether oxygens (including phenoxy) is 4. The van der Waals surface area contributed by atoms with Crippen LogP contribution in [0.15, 0.2) is 78.9 Å². The Labute approximate surface area is 312 Å². The van der Waals surface area contributed by atoms with E-state index in [9.17, 15) is 4.79 Å². The van der Waals surface area contributed by atoms with Gasteiger partial charge in [0.1, 0.15) is 24.8 Å². The van der Waals surface area contributed by atoms with Crippen LogP contribution in [0.25, 0.3) is 0 Å². The van der Waals surface area contributed by atoms with Crippen molar-refractivity contribution in [2.45, 2.75) is 51.4 Å². The molecule has 1 saturated carbocycles. The Kier molecular flexibility index (Phi) is 11.2. The number of nitrogens with zero attached hydrogens (tertiary/aromatic N) is 6. The molecule has 1 amide bonds. The monoisotopic (exact) mass is 718 g/mol. The minimum atomic E-state index is -0.279. The van der Waals surface area contributed by atoms with Gasteiger partial charge < -0.3 is 33.6 Å². The number of carbonyl (C=O) groups excluding carboxylic acids is 1. The highest BCUT2D eigenvalue weighted by atomic mass is 16.6. The van der Waals surface area contributed by atoms with Gasteiger partial charge in [0, 0.05) is 69.7 Å². The average molecular weight is 719 g/mol. The molecule has 4 heterocycles. The van der Waals surface area contributed by atoms with Crippen molar-refractivity contribution in [3.05, 3.63) is 107 Å². The second-order valence-electron chi connectivity index (χ2n) is 14.4. The number of benzene rings is 3. The number of piperazine rings is 1. The van der Waals surface area contributed by atoms with E-state index in [1.807, 2.05) is 36.4 Å². The molecule has 3 fully saturated rings. The van der Waals surface area contributed by atoms with Crippen molar-refractivity contribution < 1.29 is 23.7 Å². The summed E-state index contributed by atoms with van der Waals surface area (Å²) in [5, 5.41) is 0. The van der Waals surface area contributed by atoms with Crippen molar-refractivity contribution in [1.82, 2.24) is 19.8 Å². The molecular weight excluding hydrogens is 668 g/mol. The third-order valence-corrected chi connectivity index (χ3v) is 10.6. The van der Waals surface area contributed by atoms with Crippen LogP contribution in [0.2, 0.25) is 0 Å². The molecule has 11 nitrogen and oxygen atoms in total. The van der Waals surface area contributed by atoms with Gasteiger partial charge in [0.25, 0.3) is 0 Å². The summed E-state index contributed by atoms with van der Waals surface area (Å²) in [4.78, 5) is 32.0. The van der Waals surface area contributed by atoms with E-state index in [0.717, 1.165) is 80.6 Å². The van der Waals surface area contributed by atoms with Gasteiger partial charge in [-0.1, -0.05) is 60.7 Å². The van der Waals surface area contributed by atoms with E-state index in [-0.39, 0.29) is 12.7 Å². The minimum Gasteiger partial charge on any atom is -0.489 e. The number of morpholine rings is 1. The Morgan fingerprint density at radius 3 is 2.25 bits per heavy atom. The van der Waals surface area contributed by atoms with Crippen LogP contribution in [0, 0.1) is 0 Å². The smallest absolute Gasteiger partial charge is 0.410 e. The number of hydrogen-bond acceptors (Lipinski definition) is 10. The standard InChI is InChI=1S/C42H50N6O5/c49-42(53-31-33-10-5-2-6-11-33)47-19-17-46(18-20-47)40-38-14-16-48(29-39(38)43-41(44-40)51-23-7-15-45-21-24-50-25-22-45)36-26-35(34-12-13-34)27-37(28-36)52-30-32-8-3-1-4-9-32/h1-6,8-11,26-28,34H,7,12-25,29-31H2. The van der Waals surface area contributed by atoms with Crippen LogP contribution in [0.3, 0.4) is 0 Å². The molecule has 4 aliphatic rings. The lowest BCUT2D eigenvalue weighted by atomic mass is 10.0. The number of fused-ring (bicyclic) bond motifs is 1. The van der Waals surface area contributed by atoms with Crippen LogP contribution >= 0.6 is 0 Å². The Hall–Kier alpha value is -4.87. The molecule has 278 valence electrons. The van der Waals surface area contributed by atoms with Crippen LogP contribution < -0.4 is 19.3 Å². The highest BCUT2D eigenvalue weighted by molar-refractivity contribution is 5.68. The van der Waals surface area contributed by atoms with Crippen molar-refractivity contribution in [3.63, 3.8) is 0 Å². The average Bonchev–Trinajstić information content (AvgIpc) is 4.08. The molecule has 53 heavy (non-hydrogen) atoms. The normalized spacial score (nSPS) is 17.7. The second kappa shape index (κ2) is 16.9. The summed E-state index contributed by atoms with van der Waals surface area (Å²) in [6.07, 6.45) is 3.88. The number of rotatable bonds is 13. The fourth-order valence-electron chi connectivity index (χ4n) is 7.39. The molecular formula is C42H50N6O5. The van der Waals surface area contributed by atoms with Gasteiger partial charge in [0.15, 0.2) is 0 Å². The zero-order chi connectivity index (χ0) is 35.8.